The van der Waals surface area contributed by atoms with Gasteiger partial charge in [-0.1, -0.05) is 48.5 Å². The molecular weight excluding hydrogens is 363 g/mol. The van der Waals surface area contributed by atoms with E-state index < -0.39 is 0 Å². The maximum Gasteiger partial charge on any atom is 0.227 e. The zero-order chi connectivity index (χ0) is 20.1. The van der Waals surface area contributed by atoms with Crippen LogP contribution >= 0.6 is 0 Å². The Hall–Kier alpha value is -3.01. The molecule has 0 radical (unpaired) electrons. The van der Waals surface area contributed by atoms with Crippen LogP contribution in [0.25, 0.3) is 0 Å². The molecule has 0 spiro atoms. The molecule has 0 aliphatic carbocycles. The maximum absolute atomic E-state index is 13.5. The number of piperidine rings is 1. The smallest absolute Gasteiger partial charge is 0.227 e. The molecule has 3 aromatic rings. The van der Waals surface area contributed by atoms with E-state index in [2.05, 4.69) is 0 Å². The van der Waals surface area contributed by atoms with E-state index in [-0.39, 0.29) is 17.6 Å². The van der Waals surface area contributed by atoms with Gasteiger partial charge in [-0.25, -0.2) is 4.39 Å². The largest absolute Gasteiger partial charge is 0.342 e. The van der Waals surface area contributed by atoms with Gasteiger partial charge in [-0.2, -0.15) is 0 Å². The van der Waals surface area contributed by atoms with Gasteiger partial charge in [0.05, 0.1) is 6.42 Å². The zero-order valence-corrected chi connectivity index (χ0v) is 16.4. The summed E-state index contributed by atoms with van der Waals surface area (Å²) in [5.41, 5.74) is 3.92. The first-order valence-corrected chi connectivity index (χ1v) is 10.2. The minimum Gasteiger partial charge on any atom is -0.342 e. The summed E-state index contributed by atoms with van der Waals surface area (Å²) in [6.07, 6.45) is 3.07. The van der Waals surface area contributed by atoms with Gasteiger partial charge in [-0.15, -0.1) is 0 Å². The van der Waals surface area contributed by atoms with Crippen molar-refractivity contribution in [3.05, 3.63) is 101 Å². The average molecular weight is 388 g/mol. The Morgan fingerprint density at radius 3 is 2.62 bits per heavy atom. The lowest BCUT2D eigenvalue weighted by molar-refractivity contribution is -0.131. The van der Waals surface area contributed by atoms with E-state index >= 15 is 0 Å². The van der Waals surface area contributed by atoms with Crippen LogP contribution in [0.2, 0.25) is 0 Å². The molecule has 2 aromatic carbocycles. The van der Waals surface area contributed by atoms with E-state index in [0.717, 1.165) is 41.9 Å². The van der Waals surface area contributed by atoms with Crippen LogP contribution in [-0.2, 0) is 17.6 Å². The fraction of sp³-hybridized carbons (Fsp3) is 0.280. The lowest BCUT2D eigenvalue weighted by Gasteiger charge is -2.32. The van der Waals surface area contributed by atoms with Gasteiger partial charge in [-0.05, 0) is 48.2 Å². The van der Waals surface area contributed by atoms with Gasteiger partial charge < -0.3 is 4.90 Å². The highest BCUT2D eigenvalue weighted by atomic mass is 19.1. The predicted molar refractivity (Wildman–Crippen MR) is 112 cm³/mol. The second kappa shape index (κ2) is 8.99. The van der Waals surface area contributed by atoms with Crippen LogP contribution in [0.5, 0.6) is 0 Å². The van der Waals surface area contributed by atoms with E-state index in [1.54, 1.807) is 12.1 Å². The highest BCUT2D eigenvalue weighted by Gasteiger charge is 2.25. The Bertz CT molecular complexity index is 973. The minimum atomic E-state index is -0.224. The first-order chi connectivity index (χ1) is 14.2. The molecule has 148 valence electrons. The molecule has 4 heteroatoms. The fourth-order valence-electron chi connectivity index (χ4n) is 4.01. The highest BCUT2D eigenvalue weighted by Crippen LogP contribution is 2.26. The molecule has 2 heterocycles. The zero-order valence-electron chi connectivity index (χ0n) is 16.4. The van der Waals surface area contributed by atoms with Gasteiger partial charge in [-0.3, -0.25) is 9.78 Å². The topological polar surface area (TPSA) is 33.2 Å². The van der Waals surface area contributed by atoms with Crippen molar-refractivity contribution in [3.8, 4) is 0 Å². The highest BCUT2D eigenvalue weighted by molar-refractivity contribution is 5.79. The number of rotatable bonds is 5. The molecule has 1 unspecified atom stereocenters. The van der Waals surface area contributed by atoms with Crippen LogP contribution in [0.15, 0.2) is 72.8 Å². The molecule has 0 bridgehead atoms. The van der Waals surface area contributed by atoms with E-state index in [0.29, 0.717) is 19.4 Å². The first kappa shape index (κ1) is 19.3. The van der Waals surface area contributed by atoms with Crippen LogP contribution in [0.3, 0.4) is 0 Å². The fourth-order valence-corrected chi connectivity index (χ4v) is 4.01. The van der Waals surface area contributed by atoms with Gasteiger partial charge in [0.1, 0.15) is 5.82 Å². The van der Waals surface area contributed by atoms with Crippen LogP contribution in [0.4, 0.5) is 4.39 Å². The molecule has 1 atom stereocenters. The molecule has 1 aliphatic heterocycles. The van der Waals surface area contributed by atoms with Crippen molar-refractivity contribution in [3.63, 3.8) is 0 Å². The van der Waals surface area contributed by atoms with Crippen LogP contribution in [0.1, 0.15) is 41.3 Å². The predicted octanol–water partition coefficient (Wildman–Crippen LogP) is 4.76. The number of likely N-dealkylation sites (tertiary alicyclic amines) is 1. The Balaban J connectivity index is 1.43. The summed E-state index contributed by atoms with van der Waals surface area (Å²) in [6, 6.07) is 22.6. The first-order valence-electron chi connectivity index (χ1n) is 10.2. The second-order valence-electron chi connectivity index (χ2n) is 7.70. The van der Waals surface area contributed by atoms with E-state index in [9.17, 15) is 9.18 Å². The summed E-state index contributed by atoms with van der Waals surface area (Å²) in [5.74, 6) is 0.200. The summed E-state index contributed by atoms with van der Waals surface area (Å²) in [7, 11) is 0. The molecule has 1 fully saturated rings. The number of nitrogens with zero attached hydrogens (tertiary/aromatic N) is 2. The quantitative estimate of drug-likeness (QED) is 0.631. The average Bonchev–Trinajstić information content (AvgIpc) is 2.75. The van der Waals surface area contributed by atoms with E-state index in [1.807, 2.05) is 59.5 Å². The van der Waals surface area contributed by atoms with Crippen molar-refractivity contribution >= 4 is 5.91 Å². The number of benzene rings is 2. The second-order valence-corrected chi connectivity index (χ2v) is 7.70. The molecule has 4 rings (SSSR count). The monoisotopic (exact) mass is 388 g/mol. The third-order valence-corrected chi connectivity index (χ3v) is 5.49. The van der Waals surface area contributed by atoms with Crippen LogP contribution in [-0.4, -0.2) is 28.9 Å². The molecule has 1 aromatic heterocycles. The summed E-state index contributed by atoms with van der Waals surface area (Å²) in [6.45, 7) is 1.52. The lowest BCUT2D eigenvalue weighted by atomic mass is 9.93. The van der Waals surface area contributed by atoms with Crippen LogP contribution in [0, 0.1) is 5.82 Å². The van der Waals surface area contributed by atoms with Gasteiger partial charge >= 0.3 is 0 Å². The SMILES string of the molecule is O=C(Cc1ccccc1)N1CCCC(c2cccc(Cc3cccc(F)c3)n2)C1. The lowest BCUT2D eigenvalue weighted by Crippen LogP contribution is -2.40. The van der Waals surface area contributed by atoms with Crippen LogP contribution < -0.4 is 0 Å². The minimum absolute atomic E-state index is 0.178. The number of halogens is 1. The maximum atomic E-state index is 13.5. The molecular formula is C25H25FN2O. The Morgan fingerprint density at radius 2 is 1.79 bits per heavy atom. The molecule has 0 saturated carbocycles. The summed E-state index contributed by atoms with van der Waals surface area (Å²) in [5, 5.41) is 0. The summed E-state index contributed by atoms with van der Waals surface area (Å²) >= 11 is 0. The number of aromatic nitrogens is 1. The Morgan fingerprint density at radius 1 is 1.00 bits per heavy atom. The van der Waals surface area contributed by atoms with E-state index in [4.69, 9.17) is 4.98 Å². The van der Waals surface area contributed by atoms with Crippen molar-refractivity contribution in [2.45, 2.75) is 31.6 Å². The number of carbonyl (C=O) groups excluding carboxylic acids is 1. The Kier molecular flexibility index (Phi) is 5.99. The van der Waals surface area contributed by atoms with Crippen molar-refractivity contribution in [1.29, 1.82) is 0 Å². The van der Waals surface area contributed by atoms with E-state index in [1.165, 1.54) is 6.07 Å². The van der Waals surface area contributed by atoms with Crippen molar-refractivity contribution in [2.24, 2.45) is 0 Å². The van der Waals surface area contributed by atoms with Crippen molar-refractivity contribution in [1.82, 2.24) is 9.88 Å². The number of hydrogen-bond donors (Lipinski definition) is 0. The molecule has 3 nitrogen and oxygen atoms in total. The van der Waals surface area contributed by atoms with Crippen molar-refractivity contribution in [2.75, 3.05) is 13.1 Å². The Labute approximate surface area is 171 Å². The number of carbonyl (C=O) groups is 1. The normalized spacial score (nSPS) is 16.6. The summed E-state index contributed by atoms with van der Waals surface area (Å²) in [4.78, 5) is 19.6. The molecule has 29 heavy (non-hydrogen) atoms. The van der Waals surface area contributed by atoms with Gasteiger partial charge in [0.25, 0.3) is 0 Å². The molecule has 1 amide bonds. The summed E-state index contributed by atoms with van der Waals surface area (Å²) < 4.78 is 13.5. The standard InChI is InChI=1S/C25H25FN2O/c26-22-11-4-9-20(15-22)16-23-12-5-13-24(27-23)21-10-6-14-28(18-21)25(29)17-19-7-2-1-3-8-19/h1-5,7-9,11-13,15,21H,6,10,14,16-18H2. The third-order valence-electron chi connectivity index (χ3n) is 5.49. The molecule has 1 saturated heterocycles. The van der Waals surface area contributed by atoms with Gasteiger partial charge in [0, 0.05) is 36.8 Å². The number of hydrogen-bond acceptors (Lipinski definition) is 2. The number of pyridine rings is 1. The van der Waals surface area contributed by atoms with Gasteiger partial charge in [0.2, 0.25) is 5.91 Å². The molecule has 0 N–H and O–H groups in total. The van der Waals surface area contributed by atoms with Crippen molar-refractivity contribution < 1.29 is 9.18 Å². The molecule has 1 aliphatic rings. The third kappa shape index (κ3) is 5.08. The van der Waals surface area contributed by atoms with Gasteiger partial charge in [0.15, 0.2) is 0 Å². The number of amides is 1.